The summed E-state index contributed by atoms with van der Waals surface area (Å²) < 4.78 is 7.63. The van der Waals surface area contributed by atoms with Crippen molar-refractivity contribution in [2.75, 3.05) is 6.54 Å². The van der Waals surface area contributed by atoms with Crippen LogP contribution in [0.4, 0.5) is 0 Å². The predicted octanol–water partition coefficient (Wildman–Crippen LogP) is 5.31. The third-order valence-electron chi connectivity index (χ3n) is 6.33. The number of hydrogen-bond acceptors (Lipinski definition) is 5. The van der Waals surface area contributed by atoms with E-state index in [2.05, 4.69) is 18.8 Å². The Hall–Kier alpha value is -3.87. The van der Waals surface area contributed by atoms with Crippen molar-refractivity contribution in [2.24, 2.45) is 0 Å². The lowest BCUT2D eigenvalue weighted by Crippen LogP contribution is -2.31. The number of imidazole rings is 1. The van der Waals surface area contributed by atoms with Crippen molar-refractivity contribution in [1.29, 1.82) is 0 Å². The van der Waals surface area contributed by atoms with Crippen molar-refractivity contribution >= 4 is 17.4 Å². The lowest BCUT2D eigenvalue weighted by molar-refractivity contribution is -0.139. The predicted molar refractivity (Wildman–Crippen MR) is 139 cm³/mol. The highest BCUT2D eigenvalue weighted by Crippen LogP contribution is 2.40. The third-order valence-corrected chi connectivity index (χ3v) is 6.33. The molecule has 1 amide bonds. The van der Waals surface area contributed by atoms with Crippen LogP contribution in [0.25, 0.3) is 5.76 Å². The Bertz CT molecular complexity index is 1230. The van der Waals surface area contributed by atoms with Gasteiger partial charge in [-0.05, 0) is 61.6 Å². The number of benzene rings is 2. The normalized spacial score (nSPS) is 17.4. The average Bonchev–Trinajstić information content (AvgIpc) is 3.46. The van der Waals surface area contributed by atoms with Gasteiger partial charge in [0.25, 0.3) is 11.7 Å². The van der Waals surface area contributed by atoms with Crippen molar-refractivity contribution in [3.05, 3.63) is 89.5 Å². The summed E-state index contributed by atoms with van der Waals surface area (Å²) in [5.74, 6) is -0.426. The van der Waals surface area contributed by atoms with Crippen LogP contribution in [0.2, 0.25) is 0 Å². The minimum Gasteiger partial charge on any atom is -0.507 e. The molecule has 4 rings (SSSR count). The zero-order valence-electron chi connectivity index (χ0n) is 21.2. The quantitative estimate of drug-likeness (QED) is 0.251. The van der Waals surface area contributed by atoms with Crippen LogP contribution >= 0.6 is 0 Å². The number of amides is 1. The molecule has 1 saturated heterocycles. The van der Waals surface area contributed by atoms with Crippen LogP contribution in [0.5, 0.6) is 5.75 Å². The molecule has 7 nitrogen and oxygen atoms in total. The molecular formula is C29H33N3O4. The van der Waals surface area contributed by atoms with E-state index < -0.39 is 17.7 Å². The van der Waals surface area contributed by atoms with Crippen molar-refractivity contribution in [2.45, 2.75) is 58.7 Å². The van der Waals surface area contributed by atoms with Gasteiger partial charge in [0.1, 0.15) is 11.5 Å². The van der Waals surface area contributed by atoms with Gasteiger partial charge in [-0.2, -0.15) is 0 Å². The van der Waals surface area contributed by atoms with Crippen molar-refractivity contribution in [3.63, 3.8) is 0 Å². The van der Waals surface area contributed by atoms with E-state index in [1.807, 2.05) is 48.9 Å². The molecule has 1 atom stereocenters. The molecule has 36 heavy (non-hydrogen) atoms. The average molecular weight is 488 g/mol. The van der Waals surface area contributed by atoms with Crippen LogP contribution in [0.1, 0.15) is 62.8 Å². The number of aliphatic hydroxyl groups is 1. The molecule has 7 heteroatoms. The molecule has 188 valence electrons. The molecule has 0 bridgehead atoms. The summed E-state index contributed by atoms with van der Waals surface area (Å²) in [4.78, 5) is 32.0. The van der Waals surface area contributed by atoms with Gasteiger partial charge in [-0.15, -0.1) is 0 Å². The molecule has 0 radical (unpaired) electrons. The second kappa shape index (κ2) is 10.8. The van der Waals surface area contributed by atoms with Crippen LogP contribution in [-0.4, -0.2) is 43.9 Å². The number of hydrogen-bond donors (Lipinski definition) is 1. The summed E-state index contributed by atoms with van der Waals surface area (Å²) in [5.41, 5.74) is 2.53. The number of ether oxygens (including phenoxy) is 1. The monoisotopic (exact) mass is 487 g/mol. The lowest BCUT2D eigenvalue weighted by atomic mass is 9.93. The molecule has 1 aromatic heterocycles. The second-order valence-electron chi connectivity index (χ2n) is 9.66. The van der Waals surface area contributed by atoms with E-state index in [0.29, 0.717) is 36.7 Å². The minimum absolute atomic E-state index is 0.0194. The minimum atomic E-state index is -0.671. The topological polar surface area (TPSA) is 84.7 Å². The molecule has 1 aliphatic heterocycles. The van der Waals surface area contributed by atoms with Crippen LogP contribution < -0.4 is 4.74 Å². The maximum Gasteiger partial charge on any atom is 0.295 e. The van der Waals surface area contributed by atoms with Crippen molar-refractivity contribution < 1.29 is 19.4 Å². The van der Waals surface area contributed by atoms with Gasteiger partial charge in [0.05, 0.1) is 24.0 Å². The number of rotatable bonds is 9. The molecule has 1 unspecified atom stereocenters. The second-order valence-corrected chi connectivity index (χ2v) is 9.66. The smallest absolute Gasteiger partial charge is 0.295 e. The van der Waals surface area contributed by atoms with Crippen molar-refractivity contribution in [1.82, 2.24) is 14.5 Å². The number of carbonyl (C=O) groups is 2. The number of likely N-dealkylation sites (tertiary alicyclic amines) is 1. The van der Waals surface area contributed by atoms with Gasteiger partial charge in [-0.25, -0.2) is 4.98 Å². The molecule has 2 aromatic carbocycles. The number of aryl methyl sites for hydroxylation is 1. The Balaban J connectivity index is 1.70. The Morgan fingerprint density at radius 3 is 2.28 bits per heavy atom. The highest BCUT2D eigenvalue weighted by atomic mass is 16.5. The Labute approximate surface area is 212 Å². The Morgan fingerprint density at radius 1 is 1.00 bits per heavy atom. The first-order valence-corrected chi connectivity index (χ1v) is 12.4. The van der Waals surface area contributed by atoms with Gasteiger partial charge >= 0.3 is 0 Å². The van der Waals surface area contributed by atoms with E-state index >= 15 is 0 Å². The fourth-order valence-corrected chi connectivity index (χ4v) is 4.48. The summed E-state index contributed by atoms with van der Waals surface area (Å²) in [5, 5.41) is 11.3. The molecule has 0 saturated carbocycles. The van der Waals surface area contributed by atoms with E-state index in [-0.39, 0.29) is 17.4 Å². The number of Topliss-reactive ketones (excluding diaryl/α,β-unsaturated/α-hetero) is 1. The maximum absolute atomic E-state index is 13.2. The molecule has 1 aliphatic rings. The van der Waals surface area contributed by atoms with E-state index in [9.17, 15) is 14.7 Å². The largest absolute Gasteiger partial charge is 0.507 e. The number of nitrogens with zero attached hydrogens (tertiary/aromatic N) is 3. The highest BCUT2D eigenvalue weighted by molar-refractivity contribution is 6.46. The first kappa shape index (κ1) is 25.2. The van der Waals surface area contributed by atoms with E-state index in [1.54, 1.807) is 41.7 Å². The SMILES string of the molecule is CC(C)Oc1ccc(/C(O)=C2\C(=O)C(=O)N(CCCn3ccnc3)C2c2ccc(C(C)C)cc2)cc1. The van der Waals surface area contributed by atoms with Crippen LogP contribution in [0, 0.1) is 0 Å². The Morgan fingerprint density at radius 2 is 1.69 bits per heavy atom. The zero-order chi connectivity index (χ0) is 25.8. The van der Waals surface area contributed by atoms with Crippen LogP contribution in [0.3, 0.4) is 0 Å². The van der Waals surface area contributed by atoms with Crippen molar-refractivity contribution in [3.8, 4) is 5.75 Å². The number of aromatic nitrogens is 2. The molecule has 0 aliphatic carbocycles. The highest BCUT2D eigenvalue weighted by Gasteiger charge is 2.45. The fraction of sp³-hybridized carbons (Fsp3) is 0.345. The van der Waals surface area contributed by atoms with Crippen LogP contribution in [-0.2, 0) is 16.1 Å². The summed E-state index contributed by atoms with van der Waals surface area (Å²) in [6.07, 6.45) is 5.96. The number of carbonyl (C=O) groups excluding carboxylic acids is 2. The van der Waals surface area contributed by atoms with Gasteiger partial charge in [-0.1, -0.05) is 38.1 Å². The molecule has 2 heterocycles. The first-order valence-electron chi connectivity index (χ1n) is 12.4. The first-order chi connectivity index (χ1) is 17.3. The van der Waals surface area contributed by atoms with E-state index in [0.717, 1.165) is 11.1 Å². The zero-order valence-corrected chi connectivity index (χ0v) is 21.2. The molecule has 1 fully saturated rings. The van der Waals surface area contributed by atoms with Gasteiger partial charge in [0, 0.05) is 31.0 Å². The van der Waals surface area contributed by atoms with E-state index in [4.69, 9.17) is 4.74 Å². The fourth-order valence-electron chi connectivity index (χ4n) is 4.48. The summed E-state index contributed by atoms with van der Waals surface area (Å²) in [6.45, 7) is 9.14. The third kappa shape index (κ3) is 5.35. The van der Waals surface area contributed by atoms with Crippen LogP contribution in [0.15, 0.2) is 72.8 Å². The van der Waals surface area contributed by atoms with Gasteiger partial charge in [-0.3, -0.25) is 9.59 Å². The number of ketones is 1. The number of aliphatic hydroxyl groups excluding tert-OH is 1. The maximum atomic E-state index is 13.2. The summed E-state index contributed by atoms with van der Waals surface area (Å²) in [7, 11) is 0. The van der Waals surface area contributed by atoms with Gasteiger partial charge < -0.3 is 19.3 Å². The lowest BCUT2D eigenvalue weighted by Gasteiger charge is -2.26. The molecule has 3 aromatic rings. The van der Waals surface area contributed by atoms with E-state index in [1.165, 1.54) is 0 Å². The summed E-state index contributed by atoms with van der Waals surface area (Å²) in [6, 6.07) is 14.2. The summed E-state index contributed by atoms with van der Waals surface area (Å²) >= 11 is 0. The van der Waals surface area contributed by atoms with Gasteiger partial charge in [0.2, 0.25) is 0 Å². The molecule has 0 spiro atoms. The molecule has 1 N–H and O–H groups in total. The van der Waals surface area contributed by atoms with Gasteiger partial charge in [0.15, 0.2) is 0 Å². The Kier molecular flexibility index (Phi) is 7.58. The standard InChI is InChI=1S/C29H33N3O4/c1-19(2)21-6-8-22(9-7-21)26-25(27(33)23-10-12-24(13-11-23)36-20(3)4)28(34)29(35)32(26)16-5-15-31-17-14-30-18-31/h6-14,17-20,26,33H,5,15-16H2,1-4H3/b27-25+. The molecular weight excluding hydrogens is 454 g/mol.